The average molecular weight is 329 g/mol. The molecule has 0 aliphatic heterocycles. The molecule has 0 bridgehead atoms. The molecule has 0 atom stereocenters. The third-order valence-electron chi connectivity index (χ3n) is 2.96. The van der Waals surface area contributed by atoms with Crippen LogP contribution in [0.1, 0.15) is 33.4 Å². The van der Waals surface area contributed by atoms with Crippen LogP contribution < -0.4 is 9.47 Å². The Morgan fingerprint density at radius 1 is 1.33 bits per heavy atom. The lowest BCUT2D eigenvalue weighted by Gasteiger charge is -2.10. The van der Waals surface area contributed by atoms with Gasteiger partial charge in [-0.1, -0.05) is 0 Å². The smallest absolute Gasteiger partial charge is 0.346 e. The first-order valence-electron chi connectivity index (χ1n) is 7.53. The van der Waals surface area contributed by atoms with Crippen LogP contribution >= 0.6 is 0 Å². The van der Waals surface area contributed by atoms with Gasteiger partial charge in [0, 0.05) is 6.20 Å². The summed E-state index contributed by atoms with van der Waals surface area (Å²) in [6, 6.07) is 5.20. The predicted molar refractivity (Wildman–Crippen MR) is 87.9 cm³/mol. The fourth-order valence-electron chi connectivity index (χ4n) is 2.11. The second-order valence-corrected chi connectivity index (χ2v) is 5.68. The molecular weight excluding hydrogens is 310 g/mol. The lowest BCUT2D eigenvalue weighted by atomic mass is 10.2. The van der Waals surface area contributed by atoms with Crippen molar-refractivity contribution >= 4 is 17.7 Å². The van der Waals surface area contributed by atoms with Gasteiger partial charge < -0.3 is 14.6 Å². The van der Waals surface area contributed by atoms with E-state index in [2.05, 4.69) is 4.98 Å². The van der Waals surface area contributed by atoms with Gasteiger partial charge in [-0.15, -0.1) is 0 Å². The number of aliphatic carboxylic acids is 1. The second kappa shape index (κ2) is 7.04. The number of carboxylic acids is 1. The number of carboxylic acid groups (broad SMARTS) is 1. The molecule has 0 fully saturated rings. The Labute approximate surface area is 139 Å². The number of carbonyl (C=O) groups is 1. The summed E-state index contributed by atoms with van der Waals surface area (Å²) in [6.45, 7) is 7.48. The third-order valence-corrected chi connectivity index (χ3v) is 2.96. The van der Waals surface area contributed by atoms with Gasteiger partial charge in [-0.3, -0.25) is 4.40 Å². The van der Waals surface area contributed by atoms with Gasteiger partial charge in [-0.2, -0.15) is 10.2 Å². The SMILES string of the molecule is CC(C)Oc1nc2c(OC(C)C)cccn2c1/C=C(\C#N)C(=O)O. The van der Waals surface area contributed by atoms with E-state index < -0.39 is 11.5 Å². The van der Waals surface area contributed by atoms with Crippen LogP contribution in [-0.4, -0.2) is 32.7 Å². The molecule has 0 amide bonds. The summed E-state index contributed by atoms with van der Waals surface area (Å²) in [4.78, 5) is 15.6. The van der Waals surface area contributed by atoms with E-state index in [0.29, 0.717) is 17.1 Å². The maximum Gasteiger partial charge on any atom is 0.346 e. The van der Waals surface area contributed by atoms with Crippen LogP contribution in [0.3, 0.4) is 0 Å². The van der Waals surface area contributed by atoms with Crippen LogP contribution in [0.25, 0.3) is 11.7 Å². The fourth-order valence-corrected chi connectivity index (χ4v) is 2.11. The molecule has 2 aromatic rings. The molecule has 0 saturated heterocycles. The summed E-state index contributed by atoms with van der Waals surface area (Å²) in [5, 5.41) is 18.1. The Morgan fingerprint density at radius 3 is 2.54 bits per heavy atom. The number of nitrogens with zero attached hydrogens (tertiary/aromatic N) is 3. The Hall–Kier alpha value is -3.01. The van der Waals surface area contributed by atoms with E-state index >= 15 is 0 Å². The Bertz CT molecular complexity index is 828. The third kappa shape index (κ3) is 3.66. The maximum atomic E-state index is 11.2. The average Bonchev–Trinajstić information content (AvgIpc) is 2.81. The number of ether oxygens (including phenoxy) is 2. The van der Waals surface area contributed by atoms with Gasteiger partial charge in [-0.25, -0.2) is 4.79 Å². The van der Waals surface area contributed by atoms with Crippen LogP contribution in [0.5, 0.6) is 11.6 Å². The van der Waals surface area contributed by atoms with Crippen molar-refractivity contribution in [3.63, 3.8) is 0 Å². The number of imidazole rings is 1. The molecule has 1 N–H and O–H groups in total. The summed E-state index contributed by atoms with van der Waals surface area (Å²) in [7, 11) is 0. The molecule has 0 aliphatic carbocycles. The lowest BCUT2D eigenvalue weighted by molar-refractivity contribution is -0.132. The molecular formula is C17H19N3O4. The van der Waals surface area contributed by atoms with E-state index in [9.17, 15) is 4.79 Å². The standard InChI is InChI=1S/C17H19N3O4/c1-10(2)23-14-6-5-7-20-13(8-12(9-18)17(21)22)16(19-15(14)20)24-11(3)4/h5-8,10-11H,1-4H3,(H,21,22)/b12-8+. The van der Waals surface area contributed by atoms with E-state index in [4.69, 9.17) is 19.8 Å². The zero-order chi connectivity index (χ0) is 17.9. The van der Waals surface area contributed by atoms with Crippen molar-refractivity contribution in [2.45, 2.75) is 39.9 Å². The number of rotatable bonds is 6. The number of aromatic nitrogens is 2. The Balaban J connectivity index is 2.71. The van der Waals surface area contributed by atoms with Gasteiger partial charge in [0.25, 0.3) is 0 Å². The van der Waals surface area contributed by atoms with Crippen molar-refractivity contribution in [3.8, 4) is 17.7 Å². The van der Waals surface area contributed by atoms with E-state index in [0.717, 1.165) is 0 Å². The fraction of sp³-hybridized carbons (Fsp3) is 0.353. The van der Waals surface area contributed by atoms with Crippen LogP contribution in [0, 0.1) is 11.3 Å². The van der Waals surface area contributed by atoms with Gasteiger partial charge in [0.15, 0.2) is 11.4 Å². The molecule has 2 rings (SSSR count). The highest BCUT2D eigenvalue weighted by Crippen LogP contribution is 2.29. The normalized spacial score (nSPS) is 11.8. The number of pyridine rings is 1. The molecule has 7 heteroatoms. The molecule has 7 nitrogen and oxygen atoms in total. The summed E-state index contributed by atoms with van der Waals surface area (Å²) in [6.07, 6.45) is 2.76. The van der Waals surface area contributed by atoms with Gasteiger partial charge in [-0.05, 0) is 45.9 Å². The minimum Gasteiger partial charge on any atom is -0.487 e. The topological polar surface area (TPSA) is 96.9 Å². The van der Waals surface area contributed by atoms with Gasteiger partial charge >= 0.3 is 5.97 Å². The first kappa shape index (κ1) is 17.3. The van der Waals surface area contributed by atoms with E-state index in [1.54, 1.807) is 28.8 Å². The summed E-state index contributed by atoms with van der Waals surface area (Å²) >= 11 is 0. The monoisotopic (exact) mass is 329 g/mol. The quantitative estimate of drug-likeness (QED) is 0.646. The molecule has 0 aromatic carbocycles. The van der Waals surface area contributed by atoms with E-state index in [1.807, 2.05) is 27.7 Å². The zero-order valence-corrected chi connectivity index (χ0v) is 14.0. The highest BCUT2D eigenvalue weighted by molar-refractivity contribution is 5.96. The van der Waals surface area contributed by atoms with Crippen LogP contribution in [-0.2, 0) is 4.79 Å². The highest BCUT2D eigenvalue weighted by atomic mass is 16.5. The lowest BCUT2D eigenvalue weighted by Crippen LogP contribution is -2.07. The molecule has 0 spiro atoms. The summed E-state index contributed by atoms with van der Waals surface area (Å²) in [5.41, 5.74) is 0.475. The molecule has 0 aliphatic rings. The van der Waals surface area contributed by atoms with Crippen molar-refractivity contribution in [1.82, 2.24) is 9.38 Å². The highest BCUT2D eigenvalue weighted by Gasteiger charge is 2.19. The minimum absolute atomic E-state index is 0.0463. The molecule has 126 valence electrons. The largest absolute Gasteiger partial charge is 0.487 e. The van der Waals surface area contributed by atoms with Gasteiger partial charge in [0.05, 0.1) is 12.2 Å². The first-order valence-corrected chi connectivity index (χ1v) is 7.53. The number of fused-ring (bicyclic) bond motifs is 1. The van der Waals surface area contributed by atoms with Crippen molar-refractivity contribution in [2.75, 3.05) is 0 Å². The molecule has 2 heterocycles. The Morgan fingerprint density at radius 2 is 2.00 bits per heavy atom. The van der Waals surface area contributed by atoms with E-state index in [-0.39, 0.29) is 18.1 Å². The van der Waals surface area contributed by atoms with Crippen LogP contribution in [0.15, 0.2) is 23.9 Å². The minimum atomic E-state index is -1.31. The maximum absolute atomic E-state index is 11.2. The van der Waals surface area contributed by atoms with Crippen LogP contribution in [0.4, 0.5) is 0 Å². The zero-order valence-electron chi connectivity index (χ0n) is 14.0. The van der Waals surface area contributed by atoms with Crippen molar-refractivity contribution in [1.29, 1.82) is 5.26 Å². The number of nitriles is 1. The van der Waals surface area contributed by atoms with E-state index in [1.165, 1.54) is 6.08 Å². The second-order valence-electron chi connectivity index (χ2n) is 5.68. The molecule has 24 heavy (non-hydrogen) atoms. The molecule has 0 radical (unpaired) electrons. The Kier molecular flexibility index (Phi) is 5.09. The molecule has 0 unspecified atom stereocenters. The molecule has 0 saturated carbocycles. The predicted octanol–water partition coefficient (Wildman–Crippen LogP) is 2.90. The molecule has 2 aromatic heterocycles. The van der Waals surface area contributed by atoms with Gasteiger partial charge in [0.1, 0.15) is 17.3 Å². The summed E-state index contributed by atoms with van der Waals surface area (Å²) in [5.74, 6) is -0.508. The van der Waals surface area contributed by atoms with Crippen molar-refractivity contribution < 1.29 is 19.4 Å². The number of hydrogen-bond donors (Lipinski definition) is 1. The summed E-state index contributed by atoms with van der Waals surface area (Å²) < 4.78 is 13.1. The van der Waals surface area contributed by atoms with Crippen molar-refractivity contribution in [3.05, 3.63) is 29.6 Å². The number of hydrogen-bond acceptors (Lipinski definition) is 5. The van der Waals surface area contributed by atoms with Crippen LogP contribution in [0.2, 0.25) is 0 Å². The van der Waals surface area contributed by atoms with Gasteiger partial charge in [0.2, 0.25) is 5.88 Å². The van der Waals surface area contributed by atoms with Crippen molar-refractivity contribution in [2.24, 2.45) is 0 Å². The first-order chi connectivity index (χ1) is 11.3.